The first-order valence-electron chi connectivity index (χ1n) is 4.25. The Bertz CT molecular complexity index is 420. The van der Waals surface area contributed by atoms with Crippen molar-refractivity contribution in [3.63, 3.8) is 0 Å². The molecule has 3 heteroatoms. The second-order valence-corrected chi connectivity index (χ2v) is 3.03. The molecule has 3 N–H and O–H groups in total. The third-order valence-electron chi connectivity index (χ3n) is 2.17. The Morgan fingerprint density at radius 1 is 1.38 bits per heavy atom. The summed E-state index contributed by atoms with van der Waals surface area (Å²) in [5, 5.41) is 13.7. The van der Waals surface area contributed by atoms with E-state index in [1.54, 1.807) is 6.07 Å². The molecule has 0 saturated heterocycles. The van der Waals surface area contributed by atoms with Crippen molar-refractivity contribution in [3.05, 3.63) is 30.0 Å². The standard InChI is InChI=1S/C10H12N2O/c1-11-6-8-7-4-5-12-9(7)2-3-10(8)13/h2-5,11-13H,6H2,1H3. The zero-order valence-electron chi connectivity index (χ0n) is 7.46. The lowest BCUT2D eigenvalue weighted by atomic mass is 10.1. The van der Waals surface area contributed by atoms with Crippen LogP contribution in [0.25, 0.3) is 10.9 Å². The van der Waals surface area contributed by atoms with Gasteiger partial charge in [-0.3, -0.25) is 0 Å². The number of benzene rings is 1. The Kier molecular flexibility index (Phi) is 1.94. The van der Waals surface area contributed by atoms with Crippen LogP contribution in [0.2, 0.25) is 0 Å². The van der Waals surface area contributed by atoms with Crippen molar-refractivity contribution in [2.75, 3.05) is 7.05 Å². The smallest absolute Gasteiger partial charge is 0.120 e. The molecule has 0 atom stereocenters. The average molecular weight is 176 g/mol. The minimum atomic E-state index is 0.349. The number of aromatic hydroxyl groups is 1. The van der Waals surface area contributed by atoms with E-state index in [2.05, 4.69) is 10.3 Å². The number of aromatic amines is 1. The van der Waals surface area contributed by atoms with Gasteiger partial charge in [-0.05, 0) is 25.2 Å². The molecule has 2 rings (SSSR count). The number of nitrogens with one attached hydrogen (secondary N) is 2. The second kappa shape index (κ2) is 3.11. The molecule has 0 radical (unpaired) electrons. The van der Waals surface area contributed by atoms with E-state index in [1.165, 1.54) is 0 Å². The van der Waals surface area contributed by atoms with Gasteiger partial charge in [-0.1, -0.05) is 0 Å². The normalized spacial score (nSPS) is 10.8. The molecule has 0 saturated carbocycles. The fourth-order valence-electron chi connectivity index (χ4n) is 1.55. The topological polar surface area (TPSA) is 48.0 Å². The molecule has 0 bridgehead atoms. The quantitative estimate of drug-likeness (QED) is 0.650. The van der Waals surface area contributed by atoms with E-state index in [0.717, 1.165) is 16.5 Å². The van der Waals surface area contributed by atoms with Gasteiger partial charge >= 0.3 is 0 Å². The van der Waals surface area contributed by atoms with Crippen molar-refractivity contribution >= 4 is 10.9 Å². The number of phenolic OH excluding ortho intramolecular Hbond substituents is 1. The third kappa shape index (κ3) is 1.27. The average Bonchev–Trinajstić information content (AvgIpc) is 2.58. The zero-order chi connectivity index (χ0) is 9.26. The van der Waals surface area contributed by atoms with Gasteiger partial charge in [-0.15, -0.1) is 0 Å². The van der Waals surface area contributed by atoms with E-state index in [9.17, 15) is 5.11 Å². The highest BCUT2D eigenvalue weighted by Gasteiger charge is 2.05. The van der Waals surface area contributed by atoms with E-state index >= 15 is 0 Å². The first kappa shape index (κ1) is 8.13. The van der Waals surface area contributed by atoms with Gasteiger partial charge in [0.05, 0.1) is 0 Å². The van der Waals surface area contributed by atoms with Crippen LogP contribution in [0.3, 0.4) is 0 Å². The number of H-pyrrole nitrogens is 1. The van der Waals surface area contributed by atoms with Crippen LogP contribution < -0.4 is 5.32 Å². The largest absolute Gasteiger partial charge is 0.508 e. The van der Waals surface area contributed by atoms with Crippen LogP contribution in [-0.4, -0.2) is 17.1 Å². The minimum Gasteiger partial charge on any atom is -0.508 e. The summed E-state index contributed by atoms with van der Waals surface area (Å²) in [5.74, 6) is 0.349. The second-order valence-electron chi connectivity index (χ2n) is 3.03. The van der Waals surface area contributed by atoms with Crippen molar-refractivity contribution in [2.45, 2.75) is 6.54 Å². The van der Waals surface area contributed by atoms with Crippen molar-refractivity contribution < 1.29 is 5.11 Å². The highest BCUT2D eigenvalue weighted by Crippen LogP contribution is 2.25. The van der Waals surface area contributed by atoms with Crippen molar-refractivity contribution in [1.82, 2.24) is 10.3 Å². The Morgan fingerprint density at radius 2 is 2.23 bits per heavy atom. The summed E-state index contributed by atoms with van der Waals surface area (Å²) < 4.78 is 0. The van der Waals surface area contributed by atoms with Crippen LogP contribution in [0.4, 0.5) is 0 Å². The van der Waals surface area contributed by atoms with Gasteiger partial charge in [0.25, 0.3) is 0 Å². The molecule has 2 aromatic rings. The SMILES string of the molecule is CNCc1c(O)ccc2[nH]ccc12. The van der Waals surface area contributed by atoms with Gasteiger partial charge in [0.1, 0.15) is 5.75 Å². The lowest BCUT2D eigenvalue weighted by molar-refractivity contribution is 0.467. The molecule has 0 aliphatic rings. The summed E-state index contributed by atoms with van der Waals surface area (Å²) >= 11 is 0. The summed E-state index contributed by atoms with van der Waals surface area (Å²) in [7, 11) is 1.87. The lowest BCUT2D eigenvalue weighted by Crippen LogP contribution is -2.05. The summed E-state index contributed by atoms with van der Waals surface area (Å²) in [6, 6.07) is 5.57. The molecule has 3 nitrogen and oxygen atoms in total. The molecule has 1 aromatic carbocycles. The number of phenols is 1. The summed E-state index contributed by atoms with van der Waals surface area (Å²) in [5.41, 5.74) is 2.00. The Labute approximate surface area is 76.4 Å². The molecule has 0 spiro atoms. The number of fused-ring (bicyclic) bond motifs is 1. The van der Waals surface area contributed by atoms with Crippen LogP contribution in [0.1, 0.15) is 5.56 Å². The van der Waals surface area contributed by atoms with Gasteiger partial charge in [-0.2, -0.15) is 0 Å². The fourth-order valence-corrected chi connectivity index (χ4v) is 1.55. The number of aromatic nitrogens is 1. The fraction of sp³-hybridized carbons (Fsp3) is 0.200. The molecule has 0 fully saturated rings. The molecule has 68 valence electrons. The maximum Gasteiger partial charge on any atom is 0.120 e. The molecular formula is C10H12N2O. The van der Waals surface area contributed by atoms with Crippen LogP contribution in [0.5, 0.6) is 5.75 Å². The van der Waals surface area contributed by atoms with Gasteiger partial charge < -0.3 is 15.4 Å². The molecule has 0 unspecified atom stereocenters. The zero-order valence-corrected chi connectivity index (χ0v) is 7.46. The molecule has 0 aliphatic carbocycles. The van der Waals surface area contributed by atoms with Gasteiger partial charge in [-0.25, -0.2) is 0 Å². The van der Waals surface area contributed by atoms with E-state index in [1.807, 2.05) is 25.4 Å². The van der Waals surface area contributed by atoms with Crippen LogP contribution in [0, 0.1) is 0 Å². The van der Waals surface area contributed by atoms with Crippen LogP contribution >= 0.6 is 0 Å². The Hall–Kier alpha value is -1.48. The number of hydrogen-bond donors (Lipinski definition) is 3. The number of hydrogen-bond acceptors (Lipinski definition) is 2. The minimum absolute atomic E-state index is 0.349. The predicted octanol–water partition coefficient (Wildman–Crippen LogP) is 1.59. The molecular weight excluding hydrogens is 164 g/mol. The lowest BCUT2D eigenvalue weighted by Gasteiger charge is -2.04. The highest BCUT2D eigenvalue weighted by atomic mass is 16.3. The Balaban J connectivity index is 2.66. The van der Waals surface area contributed by atoms with Crippen LogP contribution in [-0.2, 0) is 6.54 Å². The van der Waals surface area contributed by atoms with Gasteiger partial charge in [0.2, 0.25) is 0 Å². The molecule has 1 aromatic heterocycles. The van der Waals surface area contributed by atoms with E-state index < -0.39 is 0 Å². The van der Waals surface area contributed by atoms with Crippen molar-refractivity contribution in [1.29, 1.82) is 0 Å². The van der Waals surface area contributed by atoms with Gasteiger partial charge in [0, 0.05) is 29.2 Å². The monoisotopic (exact) mass is 176 g/mol. The molecule has 1 heterocycles. The van der Waals surface area contributed by atoms with E-state index in [0.29, 0.717) is 12.3 Å². The molecule has 0 amide bonds. The van der Waals surface area contributed by atoms with Crippen LogP contribution in [0.15, 0.2) is 24.4 Å². The van der Waals surface area contributed by atoms with E-state index in [4.69, 9.17) is 0 Å². The van der Waals surface area contributed by atoms with Gasteiger partial charge in [0.15, 0.2) is 0 Å². The summed E-state index contributed by atoms with van der Waals surface area (Å²) in [6.07, 6.45) is 1.88. The first-order chi connectivity index (χ1) is 6.33. The van der Waals surface area contributed by atoms with Crippen molar-refractivity contribution in [2.24, 2.45) is 0 Å². The van der Waals surface area contributed by atoms with Crippen molar-refractivity contribution in [3.8, 4) is 5.75 Å². The predicted molar refractivity (Wildman–Crippen MR) is 52.7 cm³/mol. The maximum absolute atomic E-state index is 9.60. The Morgan fingerprint density at radius 3 is 3.00 bits per heavy atom. The summed E-state index contributed by atoms with van der Waals surface area (Å²) in [6.45, 7) is 0.682. The maximum atomic E-state index is 9.60. The number of rotatable bonds is 2. The molecule has 13 heavy (non-hydrogen) atoms. The van der Waals surface area contributed by atoms with E-state index in [-0.39, 0.29) is 0 Å². The highest BCUT2D eigenvalue weighted by molar-refractivity contribution is 5.85. The summed E-state index contributed by atoms with van der Waals surface area (Å²) in [4.78, 5) is 3.11. The third-order valence-corrected chi connectivity index (χ3v) is 2.17. The molecule has 0 aliphatic heterocycles. The first-order valence-corrected chi connectivity index (χ1v) is 4.25.